The number of nitrogens with one attached hydrogen (secondary N) is 1. The fourth-order valence-corrected chi connectivity index (χ4v) is 4.54. The number of fused-ring (bicyclic) bond motifs is 1. The summed E-state index contributed by atoms with van der Waals surface area (Å²) in [4.78, 5) is 17.3. The second-order valence-electron chi connectivity index (χ2n) is 8.02. The van der Waals surface area contributed by atoms with Crippen LogP contribution < -0.4 is 10.1 Å². The van der Waals surface area contributed by atoms with Crippen molar-refractivity contribution >= 4 is 5.91 Å². The molecule has 0 aliphatic carbocycles. The Labute approximate surface area is 196 Å². The van der Waals surface area contributed by atoms with Crippen LogP contribution in [-0.4, -0.2) is 29.1 Å². The molecule has 1 N–H and O–H groups in total. The third-order valence-corrected chi connectivity index (χ3v) is 6.10. The Kier molecular flexibility index (Phi) is 5.56. The van der Waals surface area contributed by atoms with Crippen LogP contribution in [-0.2, 0) is 13.0 Å². The highest BCUT2D eigenvalue weighted by Crippen LogP contribution is 2.41. The lowest BCUT2D eigenvalue weighted by Crippen LogP contribution is -2.32. The van der Waals surface area contributed by atoms with E-state index in [1.54, 1.807) is 25.6 Å². The van der Waals surface area contributed by atoms with Crippen LogP contribution in [0, 0.1) is 17.1 Å². The zero-order chi connectivity index (χ0) is 23.7. The lowest BCUT2D eigenvalue weighted by molar-refractivity contribution is 0.0946. The molecule has 2 aromatic carbocycles. The number of hydrogen-bond acceptors (Lipinski definition) is 4. The van der Waals surface area contributed by atoms with Crippen molar-refractivity contribution in [1.82, 2.24) is 14.9 Å². The number of carbonyl (C=O) groups is 1. The molecule has 0 spiro atoms. The first-order valence-electron chi connectivity index (χ1n) is 10.9. The first-order chi connectivity index (χ1) is 16.6. The highest BCUT2D eigenvalue weighted by atomic mass is 19.1. The van der Waals surface area contributed by atoms with Crippen molar-refractivity contribution in [2.75, 3.05) is 13.7 Å². The van der Waals surface area contributed by atoms with Gasteiger partial charge in [-0.2, -0.15) is 5.26 Å². The van der Waals surface area contributed by atoms with E-state index in [9.17, 15) is 14.4 Å². The zero-order valence-corrected chi connectivity index (χ0v) is 18.5. The molecule has 0 saturated heterocycles. The van der Waals surface area contributed by atoms with E-state index >= 15 is 0 Å². The second kappa shape index (κ2) is 8.83. The minimum atomic E-state index is -0.456. The number of nitriles is 1. The lowest BCUT2D eigenvalue weighted by atomic mass is 9.95. The third kappa shape index (κ3) is 3.69. The van der Waals surface area contributed by atoms with Crippen molar-refractivity contribution in [2.45, 2.75) is 13.0 Å². The molecule has 34 heavy (non-hydrogen) atoms. The molecule has 5 rings (SSSR count). The molecular weight excluding hydrogens is 431 g/mol. The van der Waals surface area contributed by atoms with E-state index < -0.39 is 5.82 Å². The highest BCUT2D eigenvalue weighted by Gasteiger charge is 2.31. The third-order valence-electron chi connectivity index (χ3n) is 6.10. The van der Waals surface area contributed by atoms with E-state index in [2.05, 4.69) is 20.9 Å². The van der Waals surface area contributed by atoms with Gasteiger partial charge in [-0.25, -0.2) is 4.39 Å². The predicted octanol–water partition coefficient (Wildman–Crippen LogP) is 4.57. The number of hydrogen-bond donors (Lipinski definition) is 1. The van der Waals surface area contributed by atoms with Crippen LogP contribution in [0.5, 0.6) is 5.75 Å². The van der Waals surface area contributed by atoms with Crippen molar-refractivity contribution in [2.24, 2.45) is 0 Å². The molecule has 0 fully saturated rings. The van der Waals surface area contributed by atoms with Gasteiger partial charge in [0.2, 0.25) is 0 Å². The SMILES string of the molecule is COc1ccc(-c2c3c(n(Cc4ccc(F)cc4C#N)c2-c2ccncc2)CCNC3=O)cc1. The number of aromatic nitrogens is 2. The van der Waals surface area contributed by atoms with Crippen molar-refractivity contribution in [3.05, 3.63) is 95.2 Å². The van der Waals surface area contributed by atoms with Crippen LogP contribution in [0.15, 0.2) is 67.0 Å². The first kappa shape index (κ1) is 21.4. The van der Waals surface area contributed by atoms with Crippen LogP contribution in [0.25, 0.3) is 22.4 Å². The second-order valence-corrected chi connectivity index (χ2v) is 8.02. The van der Waals surface area contributed by atoms with Gasteiger partial charge in [0, 0.05) is 48.7 Å². The Morgan fingerprint density at radius 3 is 2.56 bits per heavy atom. The number of halogens is 1. The number of pyridine rings is 1. The Morgan fingerprint density at radius 2 is 1.85 bits per heavy atom. The molecule has 1 aliphatic heterocycles. The van der Waals surface area contributed by atoms with Crippen molar-refractivity contribution < 1.29 is 13.9 Å². The molecule has 1 amide bonds. The lowest BCUT2D eigenvalue weighted by Gasteiger charge is -2.18. The van der Waals surface area contributed by atoms with Gasteiger partial charge in [-0.15, -0.1) is 0 Å². The molecule has 6 nitrogen and oxygen atoms in total. The number of rotatable bonds is 5. The minimum Gasteiger partial charge on any atom is -0.497 e. The topological polar surface area (TPSA) is 79.9 Å². The smallest absolute Gasteiger partial charge is 0.253 e. The van der Waals surface area contributed by atoms with Gasteiger partial charge in [0.05, 0.1) is 30.0 Å². The van der Waals surface area contributed by atoms with Gasteiger partial charge >= 0.3 is 0 Å². The molecule has 0 saturated carbocycles. The van der Waals surface area contributed by atoms with E-state index in [0.717, 1.165) is 33.8 Å². The Bertz CT molecular complexity index is 1420. The number of methoxy groups -OCH3 is 1. The Morgan fingerprint density at radius 1 is 1.09 bits per heavy atom. The largest absolute Gasteiger partial charge is 0.497 e. The summed E-state index contributed by atoms with van der Waals surface area (Å²) in [6.45, 7) is 0.842. The molecule has 0 unspecified atom stereocenters. The van der Waals surface area contributed by atoms with Crippen molar-refractivity contribution in [3.8, 4) is 34.2 Å². The number of ether oxygens (including phenoxy) is 1. The molecule has 7 heteroatoms. The predicted molar refractivity (Wildman–Crippen MR) is 126 cm³/mol. The molecular formula is C27H21FN4O2. The maximum atomic E-state index is 13.8. The maximum Gasteiger partial charge on any atom is 0.253 e. The quantitative estimate of drug-likeness (QED) is 0.481. The van der Waals surface area contributed by atoms with E-state index in [1.807, 2.05) is 36.4 Å². The number of carbonyl (C=O) groups excluding carboxylic acids is 1. The Hall–Kier alpha value is -4.44. The summed E-state index contributed by atoms with van der Waals surface area (Å²) in [6.07, 6.45) is 4.06. The van der Waals surface area contributed by atoms with E-state index in [-0.39, 0.29) is 11.5 Å². The summed E-state index contributed by atoms with van der Waals surface area (Å²) >= 11 is 0. The standard InChI is InChI=1S/C27H21FN4O2/c1-34-22-6-3-17(4-7-22)24-25-23(10-13-31-27(25)33)32(26(24)18-8-11-30-12-9-18)16-19-2-5-21(28)14-20(19)15-29/h2-9,11-12,14H,10,13,16H2,1H3,(H,31,33). The molecule has 2 aromatic heterocycles. The van der Waals surface area contributed by atoms with Crippen LogP contribution in [0.1, 0.15) is 27.2 Å². The molecule has 1 aliphatic rings. The van der Waals surface area contributed by atoms with Gasteiger partial charge in [-0.05, 0) is 47.5 Å². The average Bonchev–Trinajstić information content (AvgIpc) is 3.21. The molecule has 168 valence electrons. The Balaban J connectivity index is 1.81. The van der Waals surface area contributed by atoms with E-state index in [1.165, 1.54) is 12.1 Å². The summed E-state index contributed by atoms with van der Waals surface area (Å²) in [5, 5.41) is 12.6. The molecule has 0 bridgehead atoms. The fourth-order valence-electron chi connectivity index (χ4n) is 4.54. The van der Waals surface area contributed by atoms with Gasteiger partial charge in [-0.3, -0.25) is 9.78 Å². The summed E-state index contributed by atoms with van der Waals surface area (Å²) in [6, 6.07) is 17.7. The van der Waals surface area contributed by atoms with Crippen molar-refractivity contribution in [1.29, 1.82) is 5.26 Å². The van der Waals surface area contributed by atoms with Crippen LogP contribution in [0.3, 0.4) is 0 Å². The van der Waals surface area contributed by atoms with Gasteiger partial charge < -0.3 is 14.6 Å². The molecule has 0 radical (unpaired) electrons. The number of amides is 1. The zero-order valence-electron chi connectivity index (χ0n) is 18.5. The monoisotopic (exact) mass is 452 g/mol. The average molecular weight is 452 g/mol. The van der Waals surface area contributed by atoms with Gasteiger partial charge in [0.1, 0.15) is 11.6 Å². The van der Waals surface area contributed by atoms with E-state index in [4.69, 9.17) is 4.74 Å². The van der Waals surface area contributed by atoms with Gasteiger partial charge in [-0.1, -0.05) is 18.2 Å². The van der Waals surface area contributed by atoms with Crippen molar-refractivity contribution in [3.63, 3.8) is 0 Å². The highest BCUT2D eigenvalue weighted by molar-refractivity contribution is 6.07. The summed E-state index contributed by atoms with van der Waals surface area (Å²) in [7, 11) is 1.61. The van der Waals surface area contributed by atoms with Crippen LogP contribution in [0.2, 0.25) is 0 Å². The fraction of sp³-hybridized carbons (Fsp3) is 0.148. The number of nitrogens with zero attached hydrogens (tertiary/aromatic N) is 3. The minimum absolute atomic E-state index is 0.138. The van der Waals surface area contributed by atoms with Gasteiger partial charge in [0.25, 0.3) is 5.91 Å². The normalized spacial score (nSPS) is 12.6. The number of benzene rings is 2. The summed E-state index contributed by atoms with van der Waals surface area (Å²) in [5.41, 5.74) is 5.88. The molecule has 0 atom stereocenters. The maximum absolute atomic E-state index is 13.8. The molecule has 4 aromatic rings. The molecule has 3 heterocycles. The van der Waals surface area contributed by atoms with Crippen LogP contribution >= 0.6 is 0 Å². The van der Waals surface area contributed by atoms with Gasteiger partial charge in [0.15, 0.2) is 0 Å². The summed E-state index contributed by atoms with van der Waals surface area (Å²) < 4.78 is 21.2. The first-order valence-corrected chi connectivity index (χ1v) is 10.9. The van der Waals surface area contributed by atoms with E-state index in [0.29, 0.717) is 30.6 Å². The summed E-state index contributed by atoms with van der Waals surface area (Å²) in [5.74, 6) is 0.125. The van der Waals surface area contributed by atoms with Crippen LogP contribution in [0.4, 0.5) is 4.39 Å².